The summed E-state index contributed by atoms with van der Waals surface area (Å²) >= 11 is 0. The number of nitrogens with one attached hydrogen (secondary N) is 1. The maximum atomic E-state index is 11.9. The van der Waals surface area contributed by atoms with E-state index < -0.39 is 0 Å². The van der Waals surface area contributed by atoms with Gasteiger partial charge in [-0.1, -0.05) is 6.07 Å². The van der Waals surface area contributed by atoms with Crippen molar-refractivity contribution in [1.82, 2.24) is 19.8 Å². The molecular weight excluding hydrogens is 288 g/mol. The Balaban J connectivity index is 1.53. The molecule has 0 aliphatic carbocycles. The topological polar surface area (TPSA) is 50.2 Å². The van der Waals surface area contributed by atoms with E-state index in [0.717, 1.165) is 38.2 Å². The van der Waals surface area contributed by atoms with Crippen LogP contribution in [0.2, 0.25) is 0 Å². The van der Waals surface area contributed by atoms with Gasteiger partial charge < -0.3 is 9.88 Å². The summed E-state index contributed by atoms with van der Waals surface area (Å²) in [7, 11) is 0. The highest BCUT2D eigenvalue weighted by Crippen LogP contribution is 2.29. The van der Waals surface area contributed by atoms with E-state index in [9.17, 15) is 4.79 Å². The predicted molar refractivity (Wildman–Crippen MR) is 88.2 cm³/mol. The van der Waals surface area contributed by atoms with Crippen LogP contribution in [0.1, 0.15) is 24.0 Å². The maximum Gasteiger partial charge on any atom is 0.224 e. The summed E-state index contributed by atoms with van der Waals surface area (Å²) in [4.78, 5) is 18.5. The number of hydrogen-bond acceptors (Lipinski definition) is 3. The van der Waals surface area contributed by atoms with Crippen molar-refractivity contribution in [2.75, 3.05) is 13.1 Å². The van der Waals surface area contributed by atoms with Crippen LogP contribution < -0.4 is 5.32 Å². The van der Waals surface area contributed by atoms with Gasteiger partial charge in [0, 0.05) is 37.2 Å². The number of amides is 1. The van der Waals surface area contributed by atoms with Crippen LogP contribution in [0.25, 0.3) is 5.69 Å². The Labute approximate surface area is 136 Å². The minimum Gasteiger partial charge on any atom is -0.354 e. The second-order valence-electron chi connectivity index (χ2n) is 6.61. The van der Waals surface area contributed by atoms with Crippen LogP contribution in [0.4, 0.5) is 0 Å². The van der Waals surface area contributed by atoms with Crippen molar-refractivity contribution >= 4 is 5.91 Å². The molecule has 2 saturated heterocycles. The Morgan fingerprint density at radius 2 is 2.30 bits per heavy atom. The van der Waals surface area contributed by atoms with E-state index in [0.29, 0.717) is 6.04 Å². The van der Waals surface area contributed by atoms with Gasteiger partial charge in [0.25, 0.3) is 0 Å². The van der Waals surface area contributed by atoms with Crippen LogP contribution in [-0.2, 0) is 11.3 Å². The number of rotatable bonds is 3. The van der Waals surface area contributed by atoms with Gasteiger partial charge in [0.1, 0.15) is 0 Å². The van der Waals surface area contributed by atoms with Crippen LogP contribution in [0, 0.1) is 12.8 Å². The van der Waals surface area contributed by atoms with Gasteiger partial charge in [-0.25, -0.2) is 4.98 Å². The van der Waals surface area contributed by atoms with Gasteiger partial charge in [-0.2, -0.15) is 0 Å². The number of piperidine rings is 1. The number of likely N-dealkylation sites (tertiary alicyclic amines) is 1. The SMILES string of the molecule is Cc1cc(-n2ccnc2)ccc1CN1CCC[C@H]2C(=O)NC[C@H]21. The fourth-order valence-electron chi connectivity index (χ4n) is 3.89. The molecule has 1 aromatic heterocycles. The zero-order valence-corrected chi connectivity index (χ0v) is 13.4. The molecule has 0 bridgehead atoms. The van der Waals surface area contributed by atoms with Crippen molar-refractivity contribution in [3.8, 4) is 5.69 Å². The normalized spacial score (nSPS) is 24.5. The van der Waals surface area contributed by atoms with Crippen LogP contribution in [-0.4, -0.2) is 39.5 Å². The summed E-state index contributed by atoms with van der Waals surface area (Å²) < 4.78 is 2.02. The first-order chi connectivity index (χ1) is 11.2. The summed E-state index contributed by atoms with van der Waals surface area (Å²) in [6.07, 6.45) is 7.71. The minimum atomic E-state index is 0.189. The molecule has 4 rings (SSSR count). The number of carbonyl (C=O) groups excluding carboxylic acids is 1. The molecule has 5 nitrogen and oxygen atoms in total. The number of aryl methyl sites for hydroxylation is 1. The highest BCUT2D eigenvalue weighted by Gasteiger charge is 2.40. The van der Waals surface area contributed by atoms with E-state index in [1.807, 2.05) is 17.1 Å². The fourth-order valence-corrected chi connectivity index (χ4v) is 3.89. The first-order valence-corrected chi connectivity index (χ1v) is 8.32. The number of hydrogen-bond donors (Lipinski definition) is 1. The monoisotopic (exact) mass is 310 g/mol. The molecule has 2 atom stereocenters. The number of fused-ring (bicyclic) bond motifs is 1. The second-order valence-corrected chi connectivity index (χ2v) is 6.61. The third-order valence-electron chi connectivity index (χ3n) is 5.22. The number of benzene rings is 1. The first kappa shape index (κ1) is 14.5. The molecule has 2 aromatic rings. The van der Waals surface area contributed by atoms with E-state index in [4.69, 9.17) is 0 Å². The van der Waals surface area contributed by atoms with Crippen molar-refractivity contribution in [2.24, 2.45) is 5.92 Å². The molecule has 1 N–H and O–H groups in total. The summed E-state index contributed by atoms with van der Waals surface area (Å²) in [5.74, 6) is 0.432. The molecule has 2 fully saturated rings. The zero-order chi connectivity index (χ0) is 15.8. The van der Waals surface area contributed by atoms with Crippen LogP contribution >= 0.6 is 0 Å². The molecule has 1 aromatic carbocycles. The Bertz CT molecular complexity index is 710. The van der Waals surface area contributed by atoms with Gasteiger partial charge in [-0.15, -0.1) is 0 Å². The molecule has 120 valence electrons. The van der Waals surface area contributed by atoms with E-state index in [1.54, 1.807) is 6.20 Å². The third kappa shape index (κ3) is 2.65. The lowest BCUT2D eigenvalue weighted by molar-refractivity contribution is -0.124. The molecule has 0 unspecified atom stereocenters. The number of aromatic nitrogens is 2. The van der Waals surface area contributed by atoms with Crippen molar-refractivity contribution in [3.63, 3.8) is 0 Å². The summed E-state index contributed by atoms with van der Waals surface area (Å²) in [6.45, 7) is 4.97. The average Bonchev–Trinajstić information content (AvgIpc) is 3.20. The molecule has 23 heavy (non-hydrogen) atoms. The highest BCUT2D eigenvalue weighted by atomic mass is 16.2. The third-order valence-corrected chi connectivity index (χ3v) is 5.22. The summed E-state index contributed by atoms with van der Waals surface area (Å²) in [6, 6.07) is 6.92. The van der Waals surface area contributed by atoms with Gasteiger partial charge >= 0.3 is 0 Å². The molecule has 5 heteroatoms. The Morgan fingerprint density at radius 3 is 3.09 bits per heavy atom. The molecule has 0 radical (unpaired) electrons. The van der Waals surface area contributed by atoms with Gasteiger partial charge in [0.05, 0.1) is 12.2 Å². The number of carbonyl (C=O) groups is 1. The largest absolute Gasteiger partial charge is 0.354 e. The first-order valence-electron chi connectivity index (χ1n) is 8.32. The average molecular weight is 310 g/mol. The van der Waals surface area contributed by atoms with Crippen LogP contribution in [0.3, 0.4) is 0 Å². The van der Waals surface area contributed by atoms with Crippen molar-refractivity contribution < 1.29 is 4.79 Å². The fraction of sp³-hybridized carbons (Fsp3) is 0.444. The lowest BCUT2D eigenvalue weighted by atomic mass is 9.91. The van der Waals surface area contributed by atoms with E-state index in [-0.39, 0.29) is 11.8 Å². The van der Waals surface area contributed by atoms with Crippen molar-refractivity contribution in [1.29, 1.82) is 0 Å². The van der Waals surface area contributed by atoms with E-state index >= 15 is 0 Å². The number of imidazole rings is 1. The second kappa shape index (κ2) is 5.81. The molecular formula is C18H22N4O. The lowest BCUT2D eigenvalue weighted by Crippen LogP contribution is -2.45. The standard InChI is InChI=1S/C18H22N4O/c1-13-9-15(22-8-6-19-12-22)5-4-14(13)11-21-7-2-3-16-17(21)10-20-18(16)23/h4-6,8-9,12,16-17H,2-3,7,10-11H2,1H3,(H,20,23)/t16-,17-/m1/s1. The molecule has 0 saturated carbocycles. The molecule has 1 amide bonds. The Hall–Kier alpha value is -2.14. The van der Waals surface area contributed by atoms with E-state index in [1.165, 1.54) is 11.1 Å². The van der Waals surface area contributed by atoms with Gasteiger partial charge in [-0.3, -0.25) is 9.69 Å². The molecule has 0 spiro atoms. The van der Waals surface area contributed by atoms with Crippen molar-refractivity contribution in [2.45, 2.75) is 32.4 Å². The molecule has 2 aliphatic heterocycles. The highest BCUT2D eigenvalue weighted by molar-refractivity contribution is 5.82. The Kier molecular flexibility index (Phi) is 3.65. The molecule has 3 heterocycles. The van der Waals surface area contributed by atoms with Gasteiger partial charge in [-0.05, 0) is 49.6 Å². The lowest BCUT2D eigenvalue weighted by Gasteiger charge is -2.36. The maximum absolute atomic E-state index is 11.9. The van der Waals surface area contributed by atoms with Crippen LogP contribution in [0.5, 0.6) is 0 Å². The van der Waals surface area contributed by atoms with Crippen molar-refractivity contribution in [3.05, 3.63) is 48.0 Å². The summed E-state index contributed by atoms with van der Waals surface area (Å²) in [5.41, 5.74) is 3.77. The smallest absolute Gasteiger partial charge is 0.224 e. The van der Waals surface area contributed by atoms with Gasteiger partial charge in [0.2, 0.25) is 5.91 Å². The van der Waals surface area contributed by atoms with Crippen LogP contribution in [0.15, 0.2) is 36.9 Å². The van der Waals surface area contributed by atoms with E-state index in [2.05, 4.69) is 40.3 Å². The summed E-state index contributed by atoms with van der Waals surface area (Å²) in [5, 5.41) is 3.03. The van der Waals surface area contributed by atoms with Gasteiger partial charge in [0.15, 0.2) is 0 Å². The molecule has 2 aliphatic rings. The quantitative estimate of drug-likeness (QED) is 0.942. The predicted octanol–water partition coefficient (Wildman–Crippen LogP) is 1.89. The number of nitrogens with zero attached hydrogens (tertiary/aromatic N) is 3. The zero-order valence-electron chi connectivity index (χ0n) is 13.4. The Morgan fingerprint density at radius 1 is 1.39 bits per heavy atom. The minimum absolute atomic E-state index is 0.189.